The molecule has 2 aliphatic rings. The molecule has 2 N–H and O–H groups in total. The van der Waals surface area contributed by atoms with Gasteiger partial charge in [0.15, 0.2) is 0 Å². The van der Waals surface area contributed by atoms with Gasteiger partial charge in [0, 0.05) is 18.8 Å². The lowest BCUT2D eigenvalue weighted by atomic mass is 9.89. The van der Waals surface area contributed by atoms with Crippen LogP contribution in [0.3, 0.4) is 0 Å². The topological polar surface area (TPSA) is 66.8 Å². The van der Waals surface area contributed by atoms with Crippen molar-refractivity contribution in [3.8, 4) is 11.8 Å². The molecular weight excluding hydrogens is 340 g/mol. The average Bonchev–Trinajstić information content (AvgIpc) is 3.17. The third kappa shape index (κ3) is 6.23. The lowest BCUT2D eigenvalue weighted by Crippen LogP contribution is -2.19. The monoisotopic (exact) mass is 374 g/mol. The Balaban J connectivity index is 1.87. The number of hydrogen-bond donors (Lipinski definition) is 2. The van der Waals surface area contributed by atoms with Crippen LogP contribution in [-0.4, -0.2) is 35.5 Å². The van der Waals surface area contributed by atoms with Gasteiger partial charge in [0.1, 0.15) is 0 Å². The summed E-state index contributed by atoms with van der Waals surface area (Å²) in [5, 5.41) is 20.8. The summed E-state index contributed by atoms with van der Waals surface area (Å²) in [7, 11) is 1.42. The largest absolute Gasteiger partial charge is 0.469 e. The van der Waals surface area contributed by atoms with E-state index >= 15 is 0 Å². The number of methoxy groups -OCH3 is 1. The molecule has 0 saturated heterocycles. The molecule has 0 bridgehead atoms. The van der Waals surface area contributed by atoms with Crippen molar-refractivity contribution < 1.29 is 19.7 Å². The maximum Gasteiger partial charge on any atom is 0.305 e. The molecule has 150 valence electrons. The van der Waals surface area contributed by atoms with Crippen molar-refractivity contribution in [3.05, 3.63) is 23.8 Å². The molecule has 2 saturated carbocycles. The van der Waals surface area contributed by atoms with E-state index in [1.54, 1.807) is 0 Å². The van der Waals surface area contributed by atoms with Crippen LogP contribution < -0.4 is 0 Å². The number of carbonyl (C=O) groups is 1. The van der Waals surface area contributed by atoms with Gasteiger partial charge in [-0.05, 0) is 56.8 Å². The summed E-state index contributed by atoms with van der Waals surface area (Å²) in [4.78, 5) is 11.2. The summed E-state index contributed by atoms with van der Waals surface area (Å²) in [6.07, 6.45) is 11.1. The number of aliphatic hydroxyl groups excluding tert-OH is 2. The van der Waals surface area contributed by atoms with Gasteiger partial charge in [-0.2, -0.15) is 0 Å². The average molecular weight is 375 g/mol. The molecule has 0 spiro atoms. The Morgan fingerprint density at radius 1 is 1.41 bits per heavy atom. The second-order valence-electron chi connectivity index (χ2n) is 8.03. The van der Waals surface area contributed by atoms with Gasteiger partial charge in [0.25, 0.3) is 0 Å². The minimum atomic E-state index is -0.521. The van der Waals surface area contributed by atoms with Gasteiger partial charge < -0.3 is 14.9 Å². The van der Waals surface area contributed by atoms with E-state index in [9.17, 15) is 15.0 Å². The van der Waals surface area contributed by atoms with Crippen molar-refractivity contribution in [2.75, 3.05) is 7.11 Å². The fraction of sp³-hybridized carbons (Fsp3) is 0.696. The van der Waals surface area contributed by atoms with Gasteiger partial charge in [-0.1, -0.05) is 30.7 Å². The Bertz CT molecular complexity index is 610. The van der Waals surface area contributed by atoms with Crippen LogP contribution in [0.15, 0.2) is 23.8 Å². The van der Waals surface area contributed by atoms with Crippen molar-refractivity contribution in [1.82, 2.24) is 0 Å². The molecule has 2 rings (SSSR count). The van der Waals surface area contributed by atoms with Gasteiger partial charge in [-0.15, -0.1) is 11.8 Å². The molecule has 4 heteroatoms. The molecule has 2 fully saturated rings. The van der Waals surface area contributed by atoms with Crippen LogP contribution in [-0.2, 0) is 9.53 Å². The summed E-state index contributed by atoms with van der Waals surface area (Å²) in [5.41, 5.74) is 1.45. The molecule has 6 atom stereocenters. The number of fused-ring (bicyclic) bond motifs is 1. The second kappa shape index (κ2) is 10.7. The number of aliphatic hydroxyl groups is 2. The molecule has 0 aliphatic heterocycles. The van der Waals surface area contributed by atoms with Crippen molar-refractivity contribution >= 4 is 5.97 Å². The predicted molar refractivity (Wildman–Crippen MR) is 107 cm³/mol. The zero-order valence-electron chi connectivity index (χ0n) is 16.9. The number of allylic oxidation sites excluding steroid dienone is 2. The van der Waals surface area contributed by atoms with Crippen LogP contribution in [0.2, 0.25) is 0 Å². The quantitative estimate of drug-likeness (QED) is 0.295. The molecule has 4 nitrogen and oxygen atoms in total. The van der Waals surface area contributed by atoms with E-state index in [1.165, 1.54) is 12.7 Å². The van der Waals surface area contributed by atoms with Gasteiger partial charge in [-0.25, -0.2) is 0 Å². The summed E-state index contributed by atoms with van der Waals surface area (Å²) in [6, 6.07) is 0. The number of unbranched alkanes of at least 4 members (excludes halogenated alkanes) is 1. The van der Waals surface area contributed by atoms with Crippen LogP contribution in [0.25, 0.3) is 0 Å². The Hall–Kier alpha value is -1.57. The van der Waals surface area contributed by atoms with E-state index in [2.05, 4.69) is 22.7 Å². The fourth-order valence-electron chi connectivity index (χ4n) is 4.41. The highest BCUT2D eigenvalue weighted by atomic mass is 16.5. The highest BCUT2D eigenvalue weighted by Gasteiger charge is 2.44. The zero-order chi connectivity index (χ0) is 19.8. The summed E-state index contributed by atoms with van der Waals surface area (Å²) in [5.74, 6) is 6.93. The SMILES string of the molecule is CC#CCC(C)[C@H](O)/C=C/[C@H]1C(O)CC2C/C(=C\CCCC(=O)OC)CC21. The lowest BCUT2D eigenvalue weighted by molar-refractivity contribution is -0.140. The number of rotatable bonds is 8. The molecule has 0 aromatic rings. The molecule has 0 heterocycles. The first kappa shape index (κ1) is 21.7. The van der Waals surface area contributed by atoms with Gasteiger partial charge >= 0.3 is 5.97 Å². The number of ether oxygens (including phenoxy) is 1. The summed E-state index contributed by atoms with van der Waals surface area (Å²) in [6.45, 7) is 3.81. The first-order valence-corrected chi connectivity index (χ1v) is 10.1. The third-order valence-electron chi connectivity index (χ3n) is 6.07. The zero-order valence-corrected chi connectivity index (χ0v) is 16.9. The molecule has 27 heavy (non-hydrogen) atoms. The minimum absolute atomic E-state index is 0.0943. The molecule has 2 aliphatic carbocycles. The highest BCUT2D eigenvalue weighted by Crippen LogP contribution is 2.50. The molecular formula is C23H34O4. The highest BCUT2D eigenvalue weighted by molar-refractivity contribution is 5.69. The standard InChI is InChI=1S/C23H34O4/c1-4-5-8-16(2)21(24)12-11-19-20-14-17(13-18(20)15-22(19)25)9-6-7-10-23(26)27-3/h9,11-12,16,18-22,24-25H,6-8,10,13-15H2,1-3H3/b12-11+,17-9+/t16?,18?,19-,20?,21-,22?/m1/s1. The van der Waals surface area contributed by atoms with Crippen molar-refractivity contribution in [1.29, 1.82) is 0 Å². The Morgan fingerprint density at radius 2 is 2.19 bits per heavy atom. The summed E-state index contributed by atoms with van der Waals surface area (Å²) < 4.78 is 4.67. The maximum atomic E-state index is 11.2. The van der Waals surface area contributed by atoms with E-state index < -0.39 is 6.10 Å². The fourth-order valence-corrected chi connectivity index (χ4v) is 4.41. The molecule has 0 aromatic carbocycles. The first-order chi connectivity index (χ1) is 13.0. The van der Waals surface area contributed by atoms with Crippen molar-refractivity contribution in [2.24, 2.45) is 23.7 Å². The molecule has 4 unspecified atom stereocenters. The maximum absolute atomic E-state index is 11.2. The lowest BCUT2D eigenvalue weighted by Gasteiger charge is -2.19. The molecule has 0 radical (unpaired) electrons. The normalized spacial score (nSPS) is 30.8. The first-order valence-electron chi connectivity index (χ1n) is 10.1. The van der Waals surface area contributed by atoms with Gasteiger partial charge in [0.05, 0.1) is 19.3 Å². The van der Waals surface area contributed by atoms with E-state index in [4.69, 9.17) is 0 Å². The van der Waals surface area contributed by atoms with E-state index in [0.717, 1.165) is 32.1 Å². The number of hydrogen-bond acceptors (Lipinski definition) is 4. The Labute approximate surface area is 163 Å². The van der Waals surface area contributed by atoms with Crippen LogP contribution in [0.1, 0.15) is 58.8 Å². The Kier molecular flexibility index (Phi) is 8.60. The van der Waals surface area contributed by atoms with E-state index in [-0.39, 0.29) is 23.9 Å². The number of esters is 1. The van der Waals surface area contributed by atoms with E-state index in [0.29, 0.717) is 24.7 Å². The van der Waals surface area contributed by atoms with E-state index in [1.807, 2.05) is 26.0 Å². The third-order valence-corrected chi connectivity index (χ3v) is 6.07. The summed E-state index contributed by atoms with van der Waals surface area (Å²) >= 11 is 0. The van der Waals surface area contributed by atoms with Crippen LogP contribution in [0.4, 0.5) is 0 Å². The smallest absolute Gasteiger partial charge is 0.305 e. The Morgan fingerprint density at radius 3 is 2.89 bits per heavy atom. The predicted octanol–water partition coefficient (Wildman–Crippen LogP) is 3.63. The van der Waals surface area contributed by atoms with Crippen LogP contribution >= 0.6 is 0 Å². The molecule has 0 amide bonds. The van der Waals surface area contributed by atoms with Crippen LogP contribution in [0, 0.1) is 35.5 Å². The minimum Gasteiger partial charge on any atom is -0.469 e. The van der Waals surface area contributed by atoms with Crippen molar-refractivity contribution in [3.63, 3.8) is 0 Å². The number of carbonyl (C=O) groups excluding carboxylic acids is 1. The second-order valence-corrected chi connectivity index (χ2v) is 8.03. The van der Waals surface area contributed by atoms with Crippen LogP contribution in [0.5, 0.6) is 0 Å². The van der Waals surface area contributed by atoms with Crippen molar-refractivity contribution in [2.45, 2.75) is 71.0 Å². The van der Waals surface area contributed by atoms with Gasteiger partial charge in [0.2, 0.25) is 0 Å². The molecule has 0 aromatic heterocycles. The van der Waals surface area contributed by atoms with Gasteiger partial charge in [-0.3, -0.25) is 4.79 Å².